The van der Waals surface area contributed by atoms with Gasteiger partial charge in [0.1, 0.15) is 5.54 Å². The quantitative estimate of drug-likeness (QED) is 0.661. The normalized spacial score (nSPS) is 19.1. The predicted molar refractivity (Wildman–Crippen MR) is 96.1 cm³/mol. The maximum atomic E-state index is 12.7. The summed E-state index contributed by atoms with van der Waals surface area (Å²) in [5.41, 5.74) is 13.9. The Kier molecular flexibility index (Phi) is 4.33. The van der Waals surface area contributed by atoms with Gasteiger partial charge in [-0.05, 0) is 30.3 Å². The molecule has 0 amide bonds. The van der Waals surface area contributed by atoms with Gasteiger partial charge in [0.05, 0.1) is 0 Å². The highest BCUT2D eigenvalue weighted by Crippen LogP contribution is 2.23. The smallest absolute Gasteiger partial charge is 0.186 e. The summed E-state index contributed by atoms with van der Waals surface area (Å²) in [7, 11) is 0. The predicted octanol–water partition coefficient (Wildman–Crippen LogP) is 2.77. The monoisotopic (exact) mass is 314 g/mol. The first-order valence-corrected chi connectivity index (χ1v) is 7.71. The van der Waals surface area contributed by atoms with Gasteiger partial charge >= 0.3 is 0 Å². The number of rotatable bonds is 2. The standard InChI is InChI=1S/C21H18N2O/c22-19-7-4-14-21(23,15-19)20(24)18-12-10-17(11-13-18)9-8-16-5-2-1-3-6-16/h1-7,10-14H,15,22-23H2. The zero-order chi connectivity index (χ0) is 17.0. The van der Waals surface area contributed by atoms with E-state index < -0.39 is 5.54 Å². The number of benzene rings is 2. The molecule has 0 aromatic heterocycles. The molecule has 2 aromatic rings. The Balaban J connectivity index is 1.78. The largest absolute Gasteiger partial charge is 0.402 e. The molecule has 3 nitrogen and oxygen atoms in total. The van der Waals surface area contributed by atoms with Crippen LogP contribution < -0.4 is 11.5 Å². The molecule has 2 aromatic carbocycles. The fourth-order valence-electron chi connectivity index (χ4n) is 2.59. The molecule has 0 radical (unpaired) electrons. The van der Waals surface area contributed by atoms with Gasteiger partial charge in [0.2, 0.25) is 0 Å². The Labute approximate surface area is 141 Å². The lowest BCUT2D eigenvalue weighted by molar-refractivity contribution is 0.0919. The lowest BCUT2D eigenvalue weighted by atomic mass is 9.83. The van der Waals surface area contributed by atoms with E-state index in [0.29, 0.717) is 17.7 Å². The van der Waals surface area contributed by atoms with Crippen LogP contribution in [0.5, 0.6) is 0 Å². The van der Waals surface area contributed by atoms with Crippen molar-refractivity contribution in [3.63, 3.8) is 0 Å². The maximum Gasteiger partial charge on any atom is 0.186 e. The average Bonchev–Trinajstić information content (AvgIpc) is 2.60. The zero-order valence-electron chi connectivity index (χ0n) is 13.2. The molecule has 118 valence electrons. The third kappa shape index (κ3) is 3.45. The maximum absolute atomic E-state index is 12.7. The molecular formula is C21H18N2O. The molecule has 0 fully saturated rings. The summed E-state index contributed by atoms with van der Waals surface area (Å²) in [4.78, 5) is 12.7. The number of Topliss-reactive ketones (excluding diaryl/α,β-unsaturated/α-hetero) is 1. The molecule has 0 spiro atoms. The summed E-state index contributed by atoms with van der Waals surface area (Å²) in [6.07, 6.45) is 5.53. The van der Waals surface area contributed by atoms with Crippen molar-refractivity contribution in [1.29, 1.82) is 0 Å². The highest BCUT2D eigenvalue weighted by Gasteiger charge is 2.33. The first-order chi connectivity index (χ1) is 11.6. The molecule has 4 N–H and O–H groups in total. The van der Waals surface area contributed by atoms with Crippen LogP contribution in [0.25, 0.3) is 0 Å². The number of ketones is 1. The number of hydrogen-bond acceptors (Lipinski definition) is 3. The van der Waals surface area contributed by atoms with E-state index in [1.165, 1.54) is 0 Å². The van der Waals surface area contributed by atoms with Crippen LogP contribution in [0.3, 0.4) is 0 Å². The van der Waals surface area contributed by atoms with Crippen LogP contribution >= 0.6 is 0 Å². The molecule has 1 unspecified atom stereocenters. The van der Waals surface area contributed by atoms with E-state index in [1.807, 2.05) is 42.5 Å². The molecule has 0 bridgehead atoms. The van der Waals surface area contributed by atoms with Crippen LogP contribution in [0, 0.1) is 11.8 Å². The number of nitrogens with two attached hydrogens (primary N) is 2. The molecular weight excluding hydrogens is 296 g/mol. The van der Waals surface area contributed by atoms with Gasteiger partial charge in [-0.1, -0.05) is 54.3 Å². The van der Waals surface area contributed by atoms with Crippen molar-refractivity contribution in [1.82, 2.24) is 0 Å². The number of allylic oxidation sites excluding steroid dienone is 2. The molecule has 0 saturated heterocycles. The molecule has 3 rings (SSSR count). The zero-order valence-corrected chi connectivity index (χ0v) is 13.2. The molecule has 0 aliphatic heterocycles. The Hall–Kier alpha value is -3.09. The van der Waals surface area contributed by atoms with Crippen molar-refractivity contribution in [3.8, 4) is 11.8 Å². The van der Waals surface area contributed by atoms with E-state index in [9.17, 15) is 4.79 Å². The van der Waals surface area contributed by atoms with Crippen molar-refractivity contribution in [2.45, 2.75) is 12.0 Å². The van der Waals surface area contributed by atoms with Crippen molar-refractivity contribution >= 4 is 5.78 Å². The highest BCUT2D eigenvalue weighted by atomic mass is 16.1. The van der Waals surface area contributed by atoms with E-state index in [0.717, 1.165) is 11.1 Å². The Morgan fingerprint density at radius 2 is 1.58 bits per heavy atom. The highest BCUT2D eigenvalue weighted by molar-refractivity contribution is 6.05. The third-order valence-corrected chi connectivity index (χ3v) is 3.90. The molecule has 1 atom stereocenters. The Bertz CT molecular complexity index is 868. The van der Waals surface area contributed by atoms with Crippen LogP contribution in [0.4, 0.5) is 0 Å². The Morgan fingerprint density at radius 1 is 0.958 bits per heavy atom. The van der Waals surface area contributed by atoms with Gasteiger partial charge in [0.25, 0.3) is 0 Å². The third-order valence-electron chi connectivity index (χ3n) is 3.90. The minimum atomic E-state index is -1.07. The van der Waals surface area contributed by atoms with Gasteiger partial charge in [0.15, 0.2) is 5.78 Å². The van der Waals surface area contributed by atoms with Crippen molar-refractivity contribution in [2.24, 2.45) is 11.5 Å². The van der Waals surface area contributed by atoms with Gasteiger partial charge in [0, 0.05) is 28.8 Å². The van der Waals surface area contributed by atoms with Gasteiger partial charge in [-0.3, -0.25) is 4.79 Å². The number of hydrogen-bond donors (Lipinski definition) is 2. The molecule has 0 heterocycles. The summed E-state index contributed by atoms with van der Waals surface area (Å²) in [5, 5.41) is 0. The van der Waals surface area contributed by atoms with Gasteiger partial charge in [-0.25, -0.2) is 0 Å². The topological polar surface area (TPSA) is 69.1 Å². The second kappa shape index (κ2) is 6.57. The van der Waals surface area contributed by atoms with Crippen LogP contribution in [-0.2, 0) is 0 Å². The second-order valence-electron chi connectivity index (χ2n) is 5.84. The summed E-state index contributed by atoms with van der Waals surface area (Å²) in [6, 6.07) is 16.9. The minimum Gasteiger partial charge on any atom is -0.402 e. The fourth-order valence-corrected chi connectivity index (χ4v) is 2.59. The number of carbonyl (C=O) groups excluding carboxylic acids is 1. The van der Waals surface area contributed by atoms with Crippen molar-refractivity contribution in [2.75, 3.05) is 0 Å². The SMILES string of the molecule is NC1=CC=CC(N)(C(=O)c2ccc(C#Cc3ccccc3)cc2)C1. The first kappa shape index (κ1) is 15.8. The van der Waals surface area contributed by atoms with Crippen molar-refractivity contribution < 1.29 is 4.79 Å². The first-order valence-electron chi connectivity index (χ1n) is 7.71. The number of carbonyl (C=O) groups is 1. The van der Waals surface area contributed by atoms with Gasteiger partial charge in [-0.2, -0.15) is 0 Å². The molecule has 1 aliphatic rings. The Morgan fingerprint density at radius 3 is 2.21 bits per heavy atom. The molecule has 24 heavy (non-hydrogen) atoms. The molecule has 1 aliphatic carbocycles. The summed E-state index contributed by atoms with van der Waals surface area (Å²) >= 11 is 0. The van der Waals surface area contributed by atoms with Crippen LogP contribution in [0.2, 0.25) is 0 Å². The minimum absolute atomic E-state index is 0.141. The van der Waals surface area contributed by atoms with E-state index in [1.54, 1.807) is 30.4 Å². The molecule has 3 heteroatoms. The second-order valence-corrected chi connectivity index (χ2v) is 5.84. The van der Waals surface area contributed by atoms with Crippen LogP contribution in [-0.4, -0.2) is 11.3 Å². The van der Waals surface area contributed by atoms with Crippen LogP contribution in [0.1, 0.15) is 27.9 Å². The van der Waals surface area contributed by atoms with E-state index in [-0.39, 0.29) is 5.78 Å². The fraction of sp³-hybridized carbons (Fsp3) is 0.0952. The summed E-state index contributed by atoms with van der Waals surface area (Å²) < 4.78 is 0. The van der Waals surface area contributed by atoms with Crippen molar-refractivity contribution in [3.05, 3.63) is 95.2 Å². The lowest BCUT2D eigenvalue weighted by Crippen LogP contribution is -2.48. The molecule has 0 saturated carbocycles. The summed E-state index contributed by atoms with van der Waals surface area (Å²) in [5.74, 6) is 6.04. The van der Waals surface area contributed by atoms with Crippen LogP contribution in [0.15, 0.2) is 78.5 Å². The lowest BCUT2D eigenvalue weighted by Gasteiger charge is -2.26. The van der Waals surface area contributed by atoms with Gasteiger partial charge < -0.3 is 11.5 Å². The van der Waals surface area contributed by atoms with E-state index in [4.69, 9.17) is 11.5 Å². The average molecular weight is 314 g/mol. The van der Waals surface area contributed by atoms with E-state index >= 15 is 0 Å². The van der Waals surface area contributed by atoms with Gasteiger partial charge in [-0.15, -0.1) is 0 Å². The van der Waals surface area contributed by atoms with E-state index in [2.05, 4.69) is 11.8 Å². The summed E-state index contributed by atoms with van der Waals surface area (Å²) in [6.45, 7) is 0.